The summed E-state index contributed by atoms with van der Waals surface area (Å²) in [7, 11) is 1.79. The van der Waals surface area contributed by atoms with Gasteiger partial charge in [-0.05, 0) is 47.0 Å². The van der Waals surface area contributed by atoms with Gasteiger partial charge in [-0.3, -0.25) is 4.79 Å². The molecular formula is C25H50O4. The molecule has 0 spiro atoms. The summed E-state index contributed by atoms with van der Waals surface area (Å²) in [6.45, 7) is 9.86. The van der Waals surface area contributed by atoms with Gasteiger partial charge in [-0.2, -0.15) is 0 Å². The average molecular weight is 415 g/mol. The third-order valence-electron chi connectivity index (χ3n) is 5.76. The molecule has 2 atom stereocenters. The molecule has 0 fully saturated rings. The van der Waals surface area contributed by atoms with E-state index >= 15 is 0 Å². The fourth-order valence-corrected chi connectivity index (χ4v) is 4.09. The van der Waals surface area contributed by atoms with Crippen LogP contribution < -0.4 is 0 Å². The second-order valence-electron chi connectivity index (χ2n) is 9.44. The van der Waals surface area contributed by atoms with Crippen LogP contribution in [0.1, 0.15) is 125 Å². The van der Waals surface area contributed by atoms with Crippen molar-refractivity contribution >= 4 is 5.97 Å². The largest absolute Gasteiger partial charge is 0.463 e. The lowest BCUT2D eigenvalue weighted by Crippen LogP contribution is -2.40. The number of unbranched alkanes of at least 4 members (excludes halogenated alkanes) is 9. The summed E-state index contributed by atoms with van der Waals surface area (Å²) in [6.07, 6.45) is 15.7. The van der Waals surface area contributed by atoms with Gasteiger partial charge >= 0.3 is 5.97 Å². The van der Waals surface area contributed by atoms with Gasteiger partial charge in [-0.25, -0.2) is 0 Å². The Labute approximate surface area is 181 Å². The molecule has 2 unspecified atom stereocenters. The van der Waals surface area contributed by atoms with Crippen molar-refractivity contribution in [3.63, 3.8) is 0 Å². The first-order valence-corrected chi connectivity index (χ1v) is 12.2. The van der Waals surface area contributed by atoms with Crippen molar-refractivity contribution in [2.45, 2.75) is 142 Å². The molecule has 0 bridgehead atoms. The first kappa shape index (κ1) is 28.4. The van der Waals surface area contributed by atoms with Crippen LogP contribution in [0, 0.1) is 5.92 Å². The number of methoxy groups -OCH3 is 1. The highest BCUT2D eigenvalue weighted by molar-refractivity contribution is 5.69. The summed E-state index contributed by atoms with van der Waals surface area (Å²) >= 11 is 0. The zero-order valence-corrected chi connectivity index (χ0v) is 20.3. The number of hydrogen-bond acceptors (Lipinski definition) is 4. The molecule has 0 saturated heterocycles. The maximum absolute atomic E-state index is 11.5. The number of carbonyl (C=O) groups excluding carboxylic acids is 1. The van der Waals surface area contributed by atoms with Gasteiger partial charge in [0.1, 0.15) is 0 Å². The van der Waals surface area contributed by atoms with Gasteiger partial charge in [0.15, 0.2) is 0 Å². The molecule has 0 radical (unpaired) electrons. The monoisotopic (exact) mass is 414 g/mol. The van der Waals surface area contributed by atoms with Crippen molar-refractivity contribution in [1.82, 2.24) is 0 Å². The van der Waals surface area contributed by atoms with Crippen molar-refractivity contribution < 1.29 is 19.4 Å². The minimum atomic E-state index is -0.719. The number of esters is 1. The summed E-state index contributed by atoms with van der Waals surface area (Å²) in [5, 5.41) is 10.7. The highest BCUT2D eigenvalue weighted by Crippen LogP contribution is 2.30. The number of ether oxygens (including phenoxy) is 2. The molecule has 0 rings (SSSR count). The van der Waals surface area contributed by atoms with Crippen LogP contribution in [0.25, 0.3) is 0 Å². The van der Waals surface area contributed by atoms with Gasteiger partial charge in [0.05, 0.1) is 17.8 Å². The van der Waals surface area contributed by atoms with Crippen molar-refractivity contribution in [3.8, 4) is 0 Å². The summed E-state index contributed by atoms with van der Waals surface area (Å²) < 4.78 is 11.0. The number of carbonyl (C=O) groups is 1. The van der Waals surface area contributed by atoms with E-state index in [-0.39, 0.29) is 24.1 Å². The first-order valence-electron chi connectivity index (χ1n) is 12.2. The molecule has 0 aliphatic heterocycles. The lowest BCUT2D eigenvalue weighted by atomic mass is 9.80. The smallest absolute Gasteiger partial charge is 0.306 e. The molecule has 0 aromatic heterocycles. The maximum Gasteiger partial charge on any atom is 0.306 e. The molecule has 4 heteroatoms. The molecule has 0 saturated carbocycles. The summed E-state index contributed by atoms with van der Waals surface area (Å²) in [4.78, 5) is 11.5. The van der Waals surface area contributed by atoms with Crippen LogP contribution >= 0.6 is 0 Å². The van der Waals surface area contributed by atoms with E-state index in [0.717, 1.165) is 44.9 Å². The molecule has 0 aromatic rings. The molecular weight excluding hydrogens is 364 g/mol. The predicted octanol–water partition coefficient (Wildman–Crippen LogP) is 6.82. The quantitative estimate of drug-likeness (QED) is 0.186. The SMILES string of the molecule is CCCCCCCCC(OC)C(CCCCCCCC(=O)OC(C)C)C(C)(C)O. The zero-order valence-electron chi connectivity index (χ0n) is 20.3. The van der Waals surface area contributed by atoms with Crippen molar-refractivity contribution in [2.24, 2.45) is 5.92 Å². The average Bonchev–Trinajstić information content (AvgIpc) is 2.62. The van der Waals surface area contributed by atoms with E-state index in [1.807, 2.05) is 27.7 Å². The van der Waals surface area contributed by atoms with E-state index in [2.05, 4.69) is 6.92 Å². The lowest BCUT2D eigenvalue weighted by Gasteiger charge is -2.35. The summed E-state index contributed by atoms with van der Waals surface area (Å²) in [6, 6.07) is 0. The Morgan fingerprint density at radius 1 is 0.862 bits per heavy atom. The van der Waals surface area contributed by atoms with Gasteiger partial charge in [0.25, 0.3) is 0 Å². The number of hydrogen-bond donors (Lipinski definition) is 1. The van der Waals surface area contributed by atoms with E-state index < -0.39 is 5.60 Å². The first-order chi connectivity index (χ1) is 13.7. The Morgan fingerprint density at radius 2 is 1.38 bits per heavy atom. The summed E-state index contributed by atoms with van der Waals surface area (Å²) in [5.74, 6) is 0.0869. The van der Waals surface area contributed by atoms with Crippen LogP contribution in [0.5, 0.6) is 0 Å². The second kappa shape index (κ2) is 17.1. The van der Waals surface area contributed by atoms with Crippen LogP contribution in [-0.2, 0) is 14.3 Å². The van der Waals surface area contributed by atoms with Gasteiger partial charge in [0, 0.05) is 19.4 Å². The Hall–Kier alpha value is -0.610. The molecule has 0 aromatic carbocycles. The van der Waals surface area contributed by atoms with Crippen LogP contribution in [0.2, 0.25) is 0 Å². The maximum atomic E-state index is 11.5. The topological polar surface area (TPSA) is 55.8 Å². The fraction of sp³-hybridized carbons (Fsp3) is 0.960. The van der Waals surface area contributed by atoms with Gasteiger partial charge in [-0.15, -0.1) is 0 Å². The second-order valence-corrected chi connectivity index (χ2v) is 9.44. The number of aliphatic hydroxyl groups is 1. The van der Waals surface area contributed by atoms with E-state index in [4.69, 9.17) is 9.47 Å². The molecule has 0 amide bonds. The minimum absolute atomic E-state index is 0.0219. The van der Waals surface area contributed by atoms with E-state index in [9.17, 15) is 9.90 Å². The highest BCUT2D eigenvalue weighted by atomic mass is 16.5. The normalized spacial score (nSPS) is 14.2. The van der Waals surface area contributed by atoms with Crippen molar-refractivity contribution in [2.75, 3.05) is 7.11 Å². The molecule has 29 heavy (non-hydrogen) atoms. The van der Waals surface area contributed by atoms with E-state index in [1.54, 1.807) is 7.11 Å². The van der Waals surface area contributed by atoms with Crippen LogP contribution in [0.3, 0.4) is 0 Å². The Morgan fingerprint density at radius 3 is 1.90 bits per heavy atom. The van der Waals surface area contributed by atoms with Crippen LogP contribution in [0.4, 0.5) is 0 Å². The highest BCUT2D eigenvalue weighted by Gasteiger charge is 2.33. The van der Waals surface area contributed by atoms with E-state index in [0.29, 0.717) is 6.42 Å². The third-order valence-corrected chi connectivity index (χ3v) is 5.76. The van der Waals surface area contributed by atoms with Gasteiger partial charge < -0.3 is 14.6 Å². The number of rotatable bonds is 19. The zero-order chi connectivity index (χ0) is 22.1. The Bertz CT molecular complexity index is 387. The van der Waals surface area contributed by atoms with Crippen LogP contribution in [-0.4, -0.2) is 36.0 Å². The third kappa shape index (κ3) is 15.8. The van der Waals surface area contributed by atoms with Crippen molar-refractivity contribution in [1.29, 1.82) is 0 Å². The molecule has 4 nitrogen and oxygen atoms in total. The molecule has 174 valence electrons. The Balaban J connectivity index is 4.12. The standard InChI is InChI=1S/C25H50O4/c1-7-8-9-10-13-16-19-23(28-6)22(25(4,5)27)18-15-12-11-14-17-20-24(26)29-21(2)3/h21-23,27H,7-20H2,1-6H3. The molecule has 0 aliphatic rings. The predicted molar refractivity (Wildman–Crippen MR) is 122 cm³/mol. The minimum Gasteiger partial charge on any atom is -0.463 e. The fourth-order valence-electron chi connectivity index (χ4n) is 4.09. The molecule has 0 aliphatic carbocycles. The molecule has 0 heterocycles. The van der Waals surface area contributed by atoms with Crippen LogP contribution in [0.15, 0.2) is 0 Å². The van der Waals surface area contributed by atoms with Gasteiger partial charge in [-0.1, -0.05) is 71.1 Å². The Kier molecular flexibility index (Phi) is 16.7. The molecule has 1 N–H and O–H groups in total. The van der Waals surface area contributed by atoms with Gasteiger partial charge in [0.2, 0.25) is 0 Å². The van der Waals surface area contributed by atoms with Crippen molar-refractivity contribution in [3.05, 3.63) is 0 Å². The van der Waals surface area contributed by atoms with E-state index in [1.165, 1.54) is 38.5 Å². The summed E-state index contributed by atoms with van der Waals surface area (Å²) in [5.41, 5.74) is -0.719. The lowest BCUT2D eigenvalue weighted by molar-refractivity contribution is -0.147.